The first-order valence-electron chi connectivity index (χ1n) is 25.9. The molecular weight excluding hydrogens is 927 g/mol. The summed E-state index contributed by atoms with van der Waals surface area (Å²) in [5.41, 5.74) is 22.1. The zero-order chi connectivity index (χ0) is 49.2. The van der Waals surface area contributed by atoms with Crippen molar-refractivity contribution in [3.8, 4) is 56.0 Å². The predicted octanol–water partition coefficient (Wildman–Crippen LogP) is 18.9. The van der Waals surface area contributed by atoms with Gasteiger partial charge in [-0.25, -0.2) is 0 Å². The first kappa shape index (κ1) is 42.4. The van der Waals surface area contributed by atoms with Gasteiger partial charge in [0.05, 0.1) is 22.2 Å². The maximum atomic E-state index is 6.79. The molecule has 0 radical (unpaired) electrons. The molecule has 0 aromatic heterocycles. The Labute approximate surface area is 440 Å². The average Bonchev–Trinajstić information content (AvgIpc) is 3.95. The van der Waals surface area contributed by atoms with Crippen molar-refractivity contribution in [1.82, 2.24) is 0 Å². The van der Waals surface area contributed by atoms with E-state index in [0.29, 0.717) is 0 Å². The van der Waals surface area contributed by atoms with Crippen LogP contribution in [0.4, 0.5) is 17.1 Å². The van der Waals surface area contributed by atoms with Gasteiger partial charge >= 0.3 is 0 Å². The predicted molar refractivity (Wildman–Crippen MR) is 308 cm³/mol. The van der Waals surface area contributed by atoms with E-state index in [-0.39, 0.29) is 0 Å². The second-order valence-electron chi connectivity index (χ2n) is 20.2. The number of ether oxygens (including phenoxy) is 1. The molecule has 0 unspecified atom stereocenters. The highest BCUT2D eigenvalue weighted by Crippen LogP contribution is 2.66. The lowest BCUT2D eigenvalue weighted by molar-refractivity contribution is 0.436. The van der Waals surface area contributed by atoms with E-state index >= 15 is 0 Å². The van der Waals surface area contributed by atoms with Crippen LogP contribution < -0.4 is 9.64 Å². The van der Waals surface area contributed by atoms with Crippen LogP contribution in [-0.2, 0) is 10.8 Å². The van der Waals surface area contributed by atoms with E-state index < -0.39 is 10.8 Å². The van der Waals surface area contributed by atoms with Crippen molar-refractivity contribution in [2.75, 3.05) is 4.90 Å². The third-order valence-corrected chi connectivity index (χ3v) is 17.8. The molecule has 0 saturated carbocycles. The normalized spacial score (nSPS) is 14.1. The summed E-state index contributed by atoms with van der Waals surface area (Å²) < 4.78 is 6.79. The highest BCUT2D eigenvalue weighted by atomic mass is 32.2. The van der Waals surface area contributed by atoms with Crippen LogP contribution >= 0.6 is 11.8 Å². The van der Waals surface area contributed by atoms with Crippen molar-refractivity contribution in [3.63, 3.8) is 0 Å². The molecule has 350 valence electrons. The molecule has 2 heterocycles. The van der Waals surface area contributed by atoms with Gasteiger partial charge in [-0.15, -0.1) is 0 Å². The monoisotopic (exact) mass is 971 g/mol. The summed E-state index contributed by atoms with van der Waals surface area (Å²) in [5.74, 6) is 1.77. The molecule has 2 spiro atoms. The summed E-state index contributed by atoms with van der Waals surface area (Å²) in [6.07, 6.45) is 0. The summed E-state index contributed by atoms with van der Waals surface area (Å²) in [5, 5.41) is 2.43. The van der Waals surface area contributed by atoms with Crippen LogP contribution in [0.5, 0.6) is 11.5 Å². The molecule has 0 atom stereocenters. The van der Waals surface area contributed by atoms with Gasteiger partial charge in [0.15, 0.2) is 0 Å². The molecule has 0 amide bonds. The van der Waals surface area contributed by atoms with Crippen LogP contribution in [-0.4, -0.2) is 0 Å². The Morgan fingerprint density at radius 3 is 1.36 bits per heavy atom. The molecule has 2 aliphatic carbocycles. The van der Waals surface area contributed by atoms with Crippen molar-refractivity contribution in [3.05, 3.63) is 317 Å². The minimum Gasteiger partial charge on any atom is -0.457 e. The first-order valence-corrected chi connectivity index (χ1v) is 26.7. The second kappa shape index (κ2) is 16.2. The standard InChI is InChI=1S/C72H45NOS/c1-2-18-46(19-3-1)47-36-38-48(39-37-47)49-40-43-51(44-41-49)73(63-31-17-29-60-69(63)52-21-4-6-23-54(52)71(60)56-25-8-12-32-64(56)74-65-33-13-9-26-57(65)71)62-30-16-20-50-42-45-61-70(68(50)62)53-22-5-7-24-55(53)72(61)58-27-10-14-34-66(58)75-67-35-15-11-28-59(67)72/h1-45H. The molecular formula is C72H45NOS. The smallest absolute Gasteiger partial charge is 0.132 e. The molecule has 0 fully saturated rings. The van der Waals surface area contributed by atoms with E-state index in [0.717, 1.165) is 39.7 Å². The maximum Gasteiger partial charge on any atom is 0.132 e. The van der Waals surface area contributed by atoms with E-state index in [2.05, 4.69) is 278 Å². The number of fused-ring (bicyclic) bond motifs is 20. The van der Waals surface area contributed by atoms with Gasteiger partial charge in [0.1, 0.15) is 11.5 Å². The number of benzene rings is 12. The fraction of sp³-hybridized carbons (Fsp3) is 0.0278. The van der Waals surface area contributed by atoms with Crippen LogP contribution in [0.15, 0.2) is 283 Å². The van der Waals surface area contributed by atoms with Crippen LogP contribution in [0.2, 0.25) is 0 Å². The summed E-state index contributed by atoms with van der Waals surface area (Å²) in [6, 6.07) is 101. The Morgan fingerprint density at radius 1 is 0.293 bits per heavy atom. The number of hydrogen-bond acceptors (Lipinski definition) is 3. The van der Waals surface area contributed by atoms with E-state index in [4.69, 9.17) is 4.74 Å². The van der Waals surface area contributed by atoms with Crippen molar-refractivity contribution >= 4 is 39.6 Å². The molecule has 2 nitrogen and oxygen atoms in total. The lowest BCUT2D eigenvalue weighted by Gasteiger charge is -2.39. The average molecular weight is 972 g/mol. The quantitative estimate of drug-likeness (QED) is 0.171. The molecule has 0 saturated heterocycles. The Hall–Kier alpha value is -9.15. The molecule has 16 rings (SSSR count). The largest absolute Gasteiger partial charge is 0.457 e. The molecule has 12 aromatic carbocycles. The van der Waals surface area contributed by atoms with Gasteiger partial charge in [-0.3, -0.25) is 0 Å². The van der Waals surface area contributed by atoms with Crippen LogP contribution in [0.1, 0.15) is 44.5 Å². The molecule has 0 N–H and O–H groups in total. The van der Waals surface area contributed by atoms with Gasteiger partial charge in [-0.1, -0.05) is 236 Å². The lowest BCUT2D eigenvalue weighted by atomic mass is 9.66. The number of anilines is 3. The Bertz CT molecular complexity index is 4220. The number of para-hydroxylation sites is 2. The fourth-order valence-electron chi connectivity index (χ4n) is 13.7. The Balaban J connectivity index is 0.982. The van der Waals surface area contributed by atoms with Crippen molar-refractivity contribution in [1.29, 1.82) is 0 Å². The van der Waals surface area contributed by atoms with E-state index in [1.165, 1.54) is 98.5 Å². The fourth-order valence-corrected chi connectivity index (χ4v) is 14.8. The molecule has 75 heavy (non-hydrogen) atoms. The van der Waals surface area contributed by atoms with Gasteiger partial charge in [0.25, 0.3) is 0 Å². The van der Waals surface area contributed by atoms with Crippen LogP contribution in [0, 0.1) is 0 Å². The van der Waals surface area contributed by atoms with Gasteiger partial charge in [-0.05, 0) is 126 Å². The van der Waals surface area contributed by atoms with Gasteiger partial charge < -0.3 is 9.64 Å². The lowest BCUT2D eigenvalue weighted by Crippen LogP contribution is -2.32. The minimum atomic E-state index is -0.625. The van der Waals surface area contributed by atoms with Crippen LogP contribution in [0.3, 0.4) is 0 Å². The second-order valence-corrected chi connectivity index (χ2v) is 21.3. The van der Waals surface area contributed by atoms with E-state index in [1.807, 2.05) is 11.8 Å². The van der Waals surface area contributed by atoms with Crippen molar-refractivity contribution < 1.29 is 4.74 Å². The molecule has 0 bridgehead atoms. The summed E-state index contributed by atoms with van der Waals surface area (Å²) in [4.78, 5) is 5.17. The number of nitrogens with zero attached hydrogens (tertiary/aromatic N) is 1. The van der Waals surface area contributed by atoms with E-state index in [1.54, 1.807) is 0 Å². The minimum absolute atomic E-state index is 0.517. The maximum absolute atomic E-state index is 6.79. The topological polar surface area (TPSA) is 12.5 Å². The van der Waals surface area contributed by atoms with Gasteiger partial charge in [-0.2, -0.15) is 0 Å². The summed E-state index contributed by atoms with van der Waals surface area (Å²) in [7, 11) is 0. The molecule has 2 aliphatic heterocycles. The Morgan fingerprint density at radius 2 is 0.733 bits per heavy atom. The van der Waals surface area contributed by atoms with E-state index in [9.17, 15) is 0 Å². The first-order chi connectivity index (χ1) is 37.2. The summed E-state index contributed by atoms with van der Waals surface area (Å²) >= 11 is 1.89. The van der Waals surface area contributed by atoms with Crippen molar-refractivity contribution in [2.45, 2.75) is 20.6 Å². The molecule has 4 aliphatic rings. The zero-order valence-electron chi connectivity index (χ0n) is 40.7. The van der Waals surface area contributed by atoms with Crippen molar-refractivity contribution in [2.24, 2.45) is 0 Å². The molecule has 12 aromatic rings. The Kier molecular flexibility index (Phi) is 9.14. The van der Waals surface area contributed by atoms with Gasteiger partial charge in [0, 0.05) is 37.6 Å². The number of rotatable bonds is 5. The van der Waals surface area contributed by atoms with Gasteiger partial charge in [0.2, 0.25) is 0 Å². The zero-order valence-corrected chi connectivity index (χ0v) is 41.6. The SMILES string of the molecule is c1ccc(-c2ccc(-c3ccc(N(c4cccc5c4-c4ccccc4C54c5ccccc5Oc5ccccc54)c4cccc5ccc6c(c45)-c4ccccc4C64c5ccccc5Sc5ccccc54)cc3)cc2)cc1. The molecule has 3 heteroatoms. The van der Waals surface area contributed by atoms with Crippen LogP contribution in [0.25, 0.3) is 55.3 Å². The third-order valence-electron chi connectivity index (χ3n) is 16.6. The summed E-state index contributed by atoms with van der Waals surface area (Å²) in [6.45, 7) is 0. The number of hydrogen-bond donors (Lipinski definition) is 0. The highest BCUT2D eigenvalue weighted by Gasteiger charge is 2.53. The highest BCUT2D eigenvalue weighted by molar-refractivity contribution is 7.99. The third kappa shape index (κ3) is 5.82.